The largest absolute Gasteiger partial charge is 0.404 e. The highest BCUT2D eigenvalue weighted by molar-refractivity contribution is 9.10. The SMILES string of the molecule is O=C(Cc1ccccc1F)Cn1cc(Br)c([N+](=O)[O-])n1. The number of nitro groups is 1. The van der Waals surface area contributed by atoms with Gasteiger partial charge < -0.3 is 10.1 Å². The first-order chi connectivity index (χ1) is 9.47. The third-order valence-electron chi connectivity index (χ3n) is 2.56. The second-order valence-electron chi connectivity index (χ2n) is 4.06. The fraction of sp³-hybridized carbons (Fsp3) is 0.167. The van der Waals surface area contributed by atoms with E-state index in [0.29, 0.717) is 5.56 Å². The van der Waals surface area contributed by atoms with Crippen molar-refractivity contribution < 1.29 is 14.1 Å². The van der Waals surface area contributed by atoms with Gasteiger partial charge >= 0.3 is 5.82 Å². The third kappa shape index (κ3) is 3.27. The quantitative estimate of drug-likeness (QED) is 0.618. The molecular weight excluding hydrogens is 333 g/mol. The first-order valence-electron chi connectivity index (χ1n) is 5.60. The average molecular weight is 342 g/mol. The van der Waals surface area contributed by atoms with Crippen molar-refractivity contribution in [1.82, 2.24) is 9.78 Å². The van der Waals surface area contributed by atoms with E-state index < -0.39 is 10.7 Å². The Morgan fingerprint density at radius 3 is 2.75 bits per heavy atom. The van der Waals surface area contributed by atoms with Crippen LogP contribution in [0.3, 0.4) is 0 Å². The first kappa shape index (κ1) is 14.3. The molecule has 0 spiro atoms. The maximum Gasteiger partial charge on any atom is 0.404 e. The molecule has 0 unspecified atom stereocenters. The Labute approximate surface area is 121 Å². The summed E-state index contributed by atoms with van der Waals surface area (Å²) < 4.78 is 14.7. The van der Waals surface area contributed by atoms with E-state index in [1.165, 1.54) is 24.4 Å². The molecule has 2 rings (SSSR count). The molecule has 0 atom stereocenters. The summed E-state index contributed by atoms with van der Waals surface area (Å²) in [4.78, 5) is 21.8. The highest BCUT2D eigenvalue weighted by Gasteiger charge is 2.20. The Morgan fingerprint density at radius 1 is 1.45 bits per heavy atom. The molecule has 0 N–H and O–H groups in total. The minimum atomic E-state index is -0.651. The summed E-state index contributed by atoms with van der Waals surface area (Å²) in [6.45, 7) is -0.152. The number of aromatic nitrogens is 2. The van der Waals surface area contributed by atoms with Crippen LogP contribution in [0, 0.1) is 15.9 Å². The fourth-order valence-electron chi connectivity index (χ4n) is 1.68. The van der Waals surface area contributed by atoms with Crippen molar-refractivity contribution in [2.24, 2.45) is 0 Å². The van der Waals surface area contributed by atoms with Crippen LogP contribution >= 0.6 is 15.9 Å². The summed E-state index contributed by atoms with van der Waals surface area (Å²) in [5.41, 5.74) is 0.290. The molecule has 2 aromatic rings. The summed E-state index contributed by atoms with van der Waals surface area (Å²) in [5.74, 6) is -1.10. The number of nitrogens with zero attached hydrogens (tertiary/aromatic N) is 3. The molecule has 1 aromatic carbocycles. The Morgan fingerprint density at radius 2 is 2.15 bits per heavy atom. The van der Waals surface area contributed by atoms with E-state index in [0.717, 1.165) is 4.68 Å². The molecule has 0 saturated carbocycles. The molecule has 0 aliphatic carbocycles. The summed E-state index contributed by atoms with van der Waals surface area (Å²) >= 11 is 2.99. The van der Waals surface area contributed by atoms with Gasteiger partial charge in [0.2, 0.25) is 0 Å². The van der Waals surface area contributed by atoms with Gasteiger partial charge in [-0.3, -0.25) is 4.79 Å². The summed E-state index contributed by atoms with van der Waals surface area (Å²) in [7, 11) is 0. The predicted molar refractivity (Wildman–Crippen MR) is 71.7 cm³/mol. The van der Waals surface area contributed by atoms with E-state index in [2.05, 4.69) is 21.0 Å². The zero-order valence-corrected chi connectivity index (χ0v) is 11.7. The van der Waals surface area contributed by atoms with E-state index in [1.54, 1.807) is 6.07 Å². The molecule has 0 amide bonds. The van der Waals surface area contributed by atoms with Crippen LogP contribution in [0.1, 0.15) is 5.56 Å². The van der Waals surface area contributed by atoms with Gasteiger partial charge in [0, 0.05) is 6.42 Å². The average Bonchev–Trinajstić information content (AvgIpc) is 2.73. The third-order valence-corrected chi connectivity index (χ3v) is 3.12. The molecule has 0 radical (unpaired) electrons. The van der Waals surface area contributed by atoms with E-state index in [1.807, 2.05) is 0 Å². The highest BCUT2D eigenvalue weighted by Crippen LogP contribution is 2.22. The number of rotatable bonds is 5. The van der Waals surface area contributed by atoms with Crippen LogP contribution in [0.15, 0.2) is 34.9 Å². The smallest absolute Gasteiger partial charge is 0.358 e. The second-order valence-corrected chi connectivity index (χ2v) is 4.92. The maximum atomic E-state index is 13.4. The van der Waals surface area contributed by atoms with Gasteiger partial charge in [0.05, 0.1) is 11.3 Å². The Balaban J connectivity index is 2.07. The molecule has 8 heteroatoms. The number of hydrogen-bond acceptors (Lipinski definition) is 4. The monoisotopic (exact) mass is 341 g/mol. The standard InChI is InChI=1S/C12H9BrFN3O3/c13-10-7-16(15-12(10)17(19)20)6-9(18)5-8-3-1-2-4-11(8)14/h1-4,7H,5-6H2. The van der Waals surface area contributed by atoms with Gasteiger partial charge in [0.1, 0.15) is 16.8 Å². The number of Topliss-reactive ketones (excluding diaryl/α,β-unsaturated/α-hetero) is 1. The van der Waals surface area contributed by atoms with Crippen molar-refractivity contribution >= 4 is 27.5 Å². The minimum Gasteiger partial charge on any atom is -0.358 e. The van der Waals surface area contributed by atoms with Gasteiger partial charge in [-0.15, -0.1) is 0 Å². The van der Waals surface area contributed by atoms with Gasteiger partial charge in [-0.2, -0.15) is 4.68 Å². The maximum absolute atomic E-state index is 13.4. The number of carbonyl (C=O) groups is 1. The number of hydrogen-bond donors (Lipinski definition) is 0. The normalized spacial score (nSPS) is 10.5. The van der Waals surface area contributed by atoms with E-state index in [4.69, 9.17) is 0 Å². The van der Waals surface area contributed by atoms with Crippen molar-refractivity contribution in [3.05, 3.63) is 56.4 Å². The van der Waals surface area contributed by atoms with Crippen LogP contribution < -0.4 is 0 Å². The number of carbonyl (C=O) groups excluding carboxylic acids is 1. The number of ketones is 1. The van der Waals surface area contributed by atoms with E-state index in [-0.39, 0.29) is 29.0 Å². The van der Waals surface area contributed by atoms with Gasteiger partial charge in [-0.1, -0.05) is 18.2 Å². The highest BCUT2D eigenvalue weighted by atomic mass is 79.9. The Kier molecular flexibility index (Phi) is 4.23. The molecule has 0 bridgehead atoms. The van der Waals surface area contributed by atoms with Gasteiger partial charge in [-0.05, 0) is 32.5 Å². The van der Waals surface area contributed by atoms with Crippen molar-refractivity contribution in [2.45, 2.75) is 13.0 Å². The molecule has 0 aliphatic rings. The Hall–Kier alpha value is -2.09. The lowest BCUT2D eigenvalue weighted by molar-refractivity contribution is -0.390. The van der Waals surface area contributed by atoms with Crippen molar-refractivity contribution in [3.63, 3.8) is 0 Å². The number of benzene rings is 1. The molecule has 1 heterocycles. The molecule has 20 heavy (non-hydrogen) atoms. The molecule has 0 saturated heterocycles. The minimum absolute atomic E-state index is 0.0854. The van der Waals surface area contributed by atoms with Gasteiger partial charge in [-0.25, -0.2) is 4.39 Å². The Bertz CT molecular complexity index is 672. The lowest BCUT2D eigenvalue weighted by atomic mass is 10.1. The molecule has 1 aromatic heterocycles. The van der Waals surface area contributed by atoms with Crippen molar-refractivity contribution in [3.8, 4) is 0 Å². The van der Waals surface area contributed by atoms with Crippen molar-refractivity contribution in [1.29, 1.82) is 0 Å². The van der Waals surface area contributed by atoms with Gasteiger partial charge in [0.15, 0.2) is 5.78 Å². The fourth-order valence-corrected chi connectivity index (χ4v) is 2.14. The van der Waals surface area contributed by atoms with E-state index in [9.17, 15) is 19.3 Å². The zero-order valence-electron chi connectivity index (χ0n) is 10.1. The molecular formula is C12H9BrFN3O3. The predicted octanol–water partition coefficient (Wildman–Crippen LogP) is 2.50. The topological polar surface area (TPSA) is 78.0 Å². The molecule has 104 valence electrons. The molecule has 0 fully saturated rings. The van der Waals surface area contributed by atoms with Crippen LogP contribution in [0.4, 0.5) is 10.2 Å². The van der Waals surface area contributed by atoms with Gasteiger partial charge in [0.25, 0.3) is 0 Å². The molecule has 0 aliphatic heterocycles. The summed E-state index contributed by atoms with van der Waals surface area (Å²) in [6.07, 6.45) is 1.26. The second kappa shape index (κ2) is 5.91. The first-order valence-corrected chi connectivity index (χ1v) is 6.39. The zero-order chi connectivity index (χ0) is 14.7. The van der Waals surface area contributed by atoms with Crippen LogP contribution in [0.5, 0.6) is 0 Å². The summed E-state index contributed by atoms with van der Waals surface area (Å²) in [5, 5.41) is 14.3. The number of halogens is 2. The summed E-state index contributed by atoms with van der Waals surface area (Å²) in [6, 6.07) is 5.98. The van der Waals surface area contributed by atoms with Crippen LogP contribution in [-0.4, -0.2) is 20.5 Å². The molecule has 6 nitrogen and oxygen atoms in total. The van der Waals surface area contributed by atoms with Crippen molar-refractivity contribution in [2.75, 3.05) is 0 Å². The van der Waals surface area contributed by atoms with Crippen LogP contribution in [0.2, 0.25) is 0 Å². The lowest BCUT2D eigenvalue weighted by Crippen LogP contribution is -2.13. The lowest BCUT2D eigenvalue weighted by Gasteiger charge is -2.01. The van der Waals surface area contributed by atoms with Crippen LogP contribution in [-0.2, 0) is 17.8 Å². The van der Waals surface area contributed by atoms with Crippen LogP contribution in [0.25, 0.3) is 0 Å². The van der Waals surface area contributed by atoms with E-state index >= 15 is 0 Å².